The lowest BCUT2D eigenvalue weighted by molar-refractivity contribution is -0.122. The fraction of sp³-hybridized carbons (Fsp3) is 0.316. The third-order valence-corrected chi connectivity index (χ3v) is 4.11. The molecule has 0 aliphatic carbocycles. The Balaban J connectivity index is 1.83. The van der Waals surface area contributed by atoms with Crippen molar-refractivity contribution in [3.8, 4) is 0 Å². The number of aromatic nitrogens is 1. The molecule has 1 aliphatic heterocycles. The highest BCUT2D eigenvalue weighted by atomic mass is 16.2. The summed E-state index contributed by atoms with van der Waals surface area (Å²) < 4.78 is 0. The highest BCUT2D eigenvalue weighted by Gasteiger charge is 2.40. The molecule has 1 aromatic heterocycles. The first-order valence-corrected chi connectivity index (χ1v) is 7.81. The summed E-state index contributed by atoms with van der Waals surface area (Å²) in [6, 6.07) is 11.6. The summed E-state index contributed by atoms with van der Waals surface area (Å²) in [5.74, 6) is -0.177. The zero-order valence-electron chi connectivity index (χ0n) is 13.7. The van der Waals surface area contributed by atoms with Crippen molar-refractivity contribution in [2.45, 2.75) is 33.6 Å². The molecule has 1 aromatic carbocycles. The Morgan fingerprint density at radius 1 is 1.09 bits per heavy atom. The predicted octanol–water partition coefficient (Wildman–Crippen LogP) is 3.13. The maximum atomic E-state index is 12.7. The van der Waals surface area contributed by atoms with Gasteiger partial charge in [-0.1, -0.05) is 35.4 Å². The average molecular weight is 308 g/mol. The van der Waals surface area contributed by atoms with E-state index in [-0.39, 0.29) is 24.2 Å². The van der Waals surface area contributed by atoms with Crippen LogP contribution in [-0.4, -0.2) is 16.8 Å². The summed E-state index contributed by atoms with van der Waals surface area (Å²) >= 11 is 0. The number of pyridine rings is 1. The maximum Gasteiger partial charge on any atom is 0.238 e. The normalized spacial score (nSPS) is 17.9. The molecule has 0 bridgehead atoms. The fourth-order valence-corrected chi connectivity index (χ4v) is 3.22. The Hall–Kier alpha value is -2.49. The average Bonchev–Trinajstić information content (AvgIpc) is 2.72. The van der Waals surface area contributed by atoms with Crippen molar-refractivity contribution in [1.29, 1.82) is 0 Å². The Kier molecular flexibility index (Phi) is 3.99. The second kappa shape index (κ2) is 5.95. The number of anilines is 1. The molecule has 118 valence electrons. The lowest BCUT2D eigenvalue weighted by atomic mass is 9.95. The third kappa shape index (κ3) is 3.16. The number of hydrogen-bond donors (Lipinski definition) is 0. The third-order valence-electron chi connectivity index (χ3n) is 4.11. The molecule has 2 amide bonds. The number of rotatable bonds is 3. The van der Waals surface area contributed by atoms with Crippen LogP contribution in [0.1, 0.15) is 28.8 Å². The topological polar surface area (TPSA) is 50.3 Å². The van der Waals surface area contributed by atoms with Crippen LogP contribution in [0.15, 0.2) is 36.4 Å². The summed E-state index contributed by atoms with van der Waals surface area (Å²) in [6.07, 6.45) is 0.844. The number of aryl methyl sites for hydroxylation is 3. The lowest BCUT2D eigenvalue weighted by Crippen LogP contribution is -2.31. The molecule has 4 nitrogen and oxygen atoms in total. The van der Waals surface area contributed by atoms with Crippen molar-refractivity contribution < 1.29 is 9.59 Å². The second-order valence-corrected chi connectivity index (χ2v) is 6.31. The molecule has 0 spiro atoms. The molecule has 23 heavy (non-hydrogen) atoms. The maximum absolute atomic E-state index is 12.7. The van der Waals surface area contributed by atoms with Crippen molar-refractivity contribution in [2.75, 3.05) is 4.90 Å². The number of benzene rings is 1. The van der Waals surface area contributed by atoms with E-state index in [0.717, 1.165) is 11.3 Å². The van der Waals surface area contributed by atoms with Gasteiger partial charge in [0.2, 0.25) is 11.8 Å². The smallest absolute Gasteiger partial charge is 0.238 e. The molecule has 2 heterocycles. The van der Waals surface area contributed by atoms with E-state index in [2.05, 4.69) is 23.2 Å². The monoisotopic (exact) mass is 308 g/mol. The summed E-state index contributed by atoms with van der Waals surface area (Å²) in [5, 5.41) is 0. The molecule has 0 radical (unpaired) electrons. The van der Waals surface area contributed by atoms with Crippen LogP contribution in [0.2, 0.25) is 0 Å². The Labute approximate surface area is 136 Å². The van der Waals surface area contributed by atoms with Gasteiger partial charge in [-0.3, -0.25) is 9.59 Å². The number of carbonyl (C=O) groups is 2. The summed E-state index contributed by atoms with van der Waals surface area (Å²) in [6.45, 7) is 5.93. The molecular formula is C19H20N2O2. The standard InChI is InChI=1S/C19H20N2O2/c1-12-7-13(2)9-15(8-12)10-16-11-18(22)21(19(16)23)17-6-4-5-14(3)20-17/h4-9,16H,10-11H2,1-3H3/t16-/m1/s1. The van der Waals surface area contributed by atoms with Gasteiger partial charge in [-0.15, -0.1) is 0 Å². The van der Waals surface area contributed by atoms with Gasteiger partial charge >= 0.3 is 0 Å². The molecule has 1 saturated heterocycles. The van der Waals surface area contributed by atoms with Gasteiger partial charge in [0.15, 0.2) is 0 Å². The van der Waals surface area contributed by atoms with E-state index in [1.807, 2.05) is 32.9 Å². The van der Waals surface area contributed by atoms with Crippen LogP contribution in [0.5, 0.6) is 0 Å². The molecule has 3 rings (SSSR count). The van der Waals surface area contributed by atoms with Crippen molar-refractivity contribution in [1.82, 2.24) is 4.98 Å². The fourth-order valence-electron chi connectivity index (χ4n) is 3.22. The number of hydrogen-bond acceptors (Lipinski definition) is 3. The van der Waals surface area contributed by atoms with Crippen molar-refractivity contribution >= 4 is 17.6 Å². The second-order valence-electron chi connectivity index (χ2n) is 6.31. The first kappa shape index (κ1) is 15.4. The Morgan fingerprint density at radius 3 is 2.43 bits per heavy atom. The van der Waals surface area contributed by atoms with E-state index in [4.69, 9.17) is 0 Å². The number of nitrogens with zero attached hydrogens (tertiary/aromatic N) is 2. The zero-order chi connectivity index (χ0) is 16.6. The summed E-state index contributed by atoms with van der Waals surface area (Å²) in [4.78, 5) is 30.5. The van der Waals surface area contributed by atoms with Gasteiger partial charge in [-0.25, -0.2) is 9.88 Å². The van der Waals surface area contributed by atoms with E-state index in [1.165, 1.54) is 16.0 Å². The molecule has 1 atom stereocenters. The molecule has 1 fully saturated rings. The number of carbonyl (C=O) groups excluding carboxylic acids is 2. The highest BCUT2D eigenvalue weighted by Crippen LogP contribution is 2.28. The predicted molar refractivity (Wildman–Crippen MR) is 89.2 cm³/mol. The highest BCUT2D eigenvalue weighted by molar-refractivity contribution is 6.20. The van der Waals surface area contributed by atoms with Gasteiger partial charge in [-0.05, 0) is 44.9 Å². The molecule has 2 aromatic rings. The Morgan fingerprint density at radius 2 is 1.78 bits per heavy atom. The van der Waals surface area contributed by atoms with Crippen molar-refractivity contribution in [3.63, 3.8) is 0 Å². The molecule has 0 saturated carbocycles. The van der Waals surface area contributed by atoms with Crippen LogP contribution >= 0.6 is 0 Å². The van der Waals surface area contributed by atoms with Gasteiger partial charge in [0.1, 0.15) is 5.82 Å². The minimum atomic E-state index is -0.300. The van der Waals surface area contributed by atoms with Gasteiger partial charge in [0, 0.05) is 12.1 Å². The Bertz CT molecular complexity index is 762. The quantitative estimate of drug-likeness (QED) is 0.819. The van der Waals surface area contributed by atoms with Crippen LogP contribution < -0.4 is 4.90 Å². The van der Waals surface area contributed by atoms with E-state index in [1.54, 1.807) is 6.07 Å². The van der Waals surface area contributed by atoms with Gasteiger partial charge in [0.25, 0.3) is 0 Å². The zero-order valence-corrected chi connectivity index (χ0v) is 13.7. The van der Waals surface area contributed by atoms with Crippen LogP contribution in [0.25, 0.3) is 0 Å². The van der Waals surface area contributed by atoms with Gasteiger partial charge < -0.3 is 0 Å². The minimum Gasteiger partial charge on any atom is -0.274 e. The summed E-state index contributed by atoms with van der Waals surface area (Å²) in [5.41, 5.74) is 4.25. The number of imide groups is 1. The summed E-state index contributed by atoms with van der Waals surface area (Å²) in [7, 11) is 0. The van der Waals surface area contributed by atoms with E-state index < -0.39 is 0 Å². The van der Waals surface area contributed by atoms with Crippen LogP contribution in [0.3, 0.4) is 0 Å². The molecule has 0 unspecified atom stereocenters. The minimum absolute atomic E-state index is 0.146. The SMILES string of the molecule is Cc1cc(C)cc(C[C@@H]2CC(=O)N(c3cccc(C)n3)C2=O)c1. The first-order valence-electron chi connectivity index (χ1n) is 7.81. The van der Waals surface area contributed by atoms with E-state index in [0.29, 0.717) is 12.2 Å². The molecule has 0 N–H and O–H groups in total. The largest absolute Gasteiger partial charge is 0.274 e. The molecule has 1 aliphatic rings. The molecular weight excluding hydrogens is 288 g/mol. The van der Waals surface area contributed by atoms with Crippen molar-refractivity contribution in [2.24, 2.45) is 5.92 Å². The van der Waals surface area contributed by atoms with Crippen molar-refractivity contribution in [3.05, 3.63) is 58.8 Å². The number of amides is 2. The van der Waals surface area contributed by atoms with E-state index >= 15 is 0 Å². The van der Waals surface area contributed by atoms with Crippen LogP contribution in [0, 0.1) is 26.7 Å². The first-order chi connectivity index (χ1) is 10.9. The van der Waals surface area contributed by atoms with Gasteiger partial charge in [0.05, 0.1) is 5.92 Å². The van der Waals surface area contributed by atoms with Gasteiger partial charge in [-0.2, -0.15) is 0 Å². The lowest BCUT2D eigenvalue weighted by Gasteiger charge is -2.14. The molecule has 4 heteroatoms. The van der Waals surface area contributed by atoms with Crippen LogP contribution in [0.4, 0.5) is 5.82 Å². The van der Waals surface area contributed by atoms with E-state index in [9.17, 15) is 9.59 Å². The van der Waals surface area contributed by atoms with Crippen LogP contribution in [-0.2, 0) is 16.0 Å².